The molecule has 0 aromatic carbocycles. The lowest BCUT2D eigenvalue weighted by atomic mass is 10.0. The Bertz CT molecular complexity index is 448. The van der Waals surface area contributed by atoms with Gasteiger partial charge in [0.05, 0.1) is 5.56 Å². The quantitative estimate of drug-likeness (QED) is 0.681. The summed E-state index contributed by atoms with van der Waals surface area (Å²) in [5.41, 5.74) is -0.205. The molecule has 0 radical (unpaired) electrons. The van der Waals surface area contributed by atoms with Gasteiger partial charge in [0.2, 0.25) is 0 Å². The summed E-state index contributed by atoms with van der Waals surface area (Å²) in [4.78, 5) is 26.7. The van der Waals surface area contributed by atoms with Gasteiger partial charge in [0.1, 0.15) is 5.69 Å². The number of aliphatic hydroxyl groups excluding tert-OH is 1. The van der Waals surface area contributed by atoms with Gasteiger partial charge in [0.25, 0.3) is 5.91 Å². The molecule has 0 aliphatic carbocycles. The molecular formula is C13H18N2O4. The van der Waals surface area contributed by atoms with Crippen LogP contribution >= 0.6 is 0 Å². The fourth-order valence-electron chi connectivity index (χ4n) is 1.71. The topological polar surface area (TPSA) is 99.5 Å². The maximum Gasteiger partial charge on any atom is 0.338 e. The number of hydrogen-bond donors (Lipinski definition) is 3. The summed E-state index contributed by atoms with van der Waals surface area (Å²) in [6.07, 6.45) is 2.81. The molecule has 1 heterocycles. The second-order valence-electron chi connectivity index (χ2n) is 4.20. The highest BCUT2D eigenvalue weighted by Gasteiger charge is 2.18. The van der Waals surface area contributed by atoms with Crippen LogP contribution in [0.2, 0.25) is 0 Å². The van der Waals surface area contributed by atoms with Crippen LogP contribution < -0.4 is 5.32 Å². The first kappa shape index (κ1) is 15.1. The summed E-state index contributed by atoms with van der Waals surface area (Å²) in [7, 11) is 0. The van der Waals surface area contributed by atoms with Crippen molar-refractivity contribution < 1.29 is 19.8 Å². The van der Waals surface area contributed by atoms with Crippen molar-refractivity contribution in [2.24, 2.45) is 5.92 Å². The van der Waals surface area contributed by atoms with E-state index >= 15 is 0 Å². The molecule has 1 atom stereocenters. The predicted molar refractivity (Wildman–Crippen MR) is 69.0 cm³/mol. The van der Waals surface area contributed by atoms with E-state index in [2.05, 4.69) is 10.3 Å². The number of aromatic carboxylic acids is 1. The summed E-state index contributed by atoms with van der Waals surface area (Å²) in [6, 6.07) is 2.82. The maximum atomic E-state index is 11.9. The normalized spacial score (nSPS) is 11.9. The van der Waals surface area contributed by atoms with E-state index in [0.717, 1.165) is 6.42 Å². The predicted octanol–water partition coefficient (Wildman–Crippen LogP) is 0.918. The lowest BCUT2D eigenvalue weighted by Crippen LogP contribution is -2.31. The molecule has 104 valence electrons. The Labute approximate surface area is 111 Å². The van der Waals surface area contributed by atoms with Crippen molar-refractivity contribution >= 4 is 11.9 Å². The van der Waals surface area contributed by atoms with Crippen LogP contribution in [0.3, 0.4) is 0 Å². The van der Waals surface area contributed by atoms with E-state index in [1.165, 1.54) is 18.3 Å². The molecule has 0 aliphatic rings. The highest BCUT2D eigenvalue weighted by Crippen LogP contribution is 2.08. The highest BCUT2D eigenvalue weighted by molar-refractivity contribution is 6.03. The van der Waals surface area contributed by atoms with E-state index in [0.29, 0.717) is 13.0 Å². The molecule has 0 saturated heterocycles. The molecule has 6 nitrogen and oxygen atoms in total. The molecule has 1 rings (SSSR count). The van der Waals surface area contributed by atoms with Crippen molar-refractivity contribution in [3.8, 4) is 0 Å². The standard InChI is InChI=1S/C13H18N2O4/c1-2-9(5-7-16)8-15-12(17)11-10(13(18)19)4-3-6-14-11/h3-4,6,9,16H,2,5,7-8H2,1H3,(H,15,17)(H,18,19). The summed E-state index contributed by atoms with van der Waals surface area (Å²) >= 11 is 0. The number of aromatic nitrogens is 1. The Kier molecular flexibility index (Phi) is 5.95. The Balaban J connectivity index is 2.71. The van der Waals surface area contributed by atoms with E-state index < -0.39 is 11.9 Å². The zero-order chi connectivity index (χ0) is 14.3. The monoisotopic (exact) mass is 266 g/mol. The number of nitrogens with zero attached hydrogens (tertiary/aromatic N) is 1. The Morgan fingerprint density at radius 2 is 2.21 bits per heavy atom. The third-order valence-electron chi connectivity index (χ3n) is 2.92. The van der Waals surface area contributed by atoms with Gasteiger partial charge in [0.15, 0.2) is 0 Å². The number of amides is 1. The first-order chi connectivity index (χ1) is 9.10. The van der Waals surface area contributed by atoms with E-state index in [1.807, 2.05) is 6.92 Å². The van der Waals surface area contributed by atoms with Gasteiger partial charge < -0.3 is 15.5 Å². The summed E-state index contributed by atoms with van der Waals surface area (Å²) in [5, 5.41) is 20.5. The van der Waals surface area contributed by atoms with Crippen LogP contribution in [0.25, 0.3) is 0 Å². The lowest BCUT2D eigenvalue weighted by Gasteiger charge is -2.14. The second-order valence-corrected chi connectivity index (χ2v) is 4.20. The van der Waals surface area contributed by atoms with Gasteiger partial charge in [-0.3, -0.25) is 9.78 Å². The smallest absolute Gasteiger partial charge is 0.338 e. The van der Waals surface area contributed by atoms with Crippen LogP contribution in [0.1, 0.15) is 40.6 Å². The number of carbonyl (C=O) groups excluding carboxylic acids is 1. The summed E-state index contributed by atoms with van der Waals surface area (Å²) < 4.78 is 0. The van der Waals surface area contributed by atoms with E-state index in [-0.39, 0.29) is 23.8 Å². The first-order valence-electron chi connectivity index (χ1n) is 6.17. The summed E-state index contributed by atoms with van der Waals surface area (Å²) in [5.74, 6) is -1.51. The number of carboxylic acids is 1. The number of hydrogen-bond acceptors (Lipinski definition) is 4. The maximum absolute atomic E-state index is 11.9. The number of pyridine rings is 1. The Hall–Kier alpha value is -1.95. The van der Waals surface area contributed by atoms with Gasteiger partial charge in [-0.15, -0.1) is 0 Å². The molecule has 6 heteroatoms. The van der Waals surface area contributed by atoms with Crippen molar-refractivity contribution in [3.05, 3.63) is 29.6 Å². The SMILES string of the molecule is CCC(CCO)CNC(=O)c1ncccc1C(=O)O. The number of rotatable bonds is 7. The van der Waals surface area contributed by atoms with Crippen molar-refractivity contribution in [1.29, 1.82) is 0 Å². The lowest BCUT2D eigenvalue weighted by molar-refractivity contribution is 0.0689. The van der Waals surface area contributed by atoms with Crippen molar-refractivity contribution in [2.45, 2.75) is 19.8 Å². The average molecular weight is 266 g/mol. The highest BCUT2D eigenvalue weighted by atomic mass is 16.4. The minimum atomic E-state index is -1.18. The molecule has 1 unspecified atom stereocenters. The molecule has 1 aromatic heterocycles. The molecule has 0 saturated carbocycles. The Morgan fingerprint density at radius 3 is 2.79 bits per heavy atom. The van der Waals surface area contributed by atoms with Crippen LogP contribution in [-0.2, 0) is 0 Å². The van der Waals surface area contributed by atoms with Crippen LogP contribution in [0.4, 0.5) is 0 Å². The molecule has 3 N–H and O–H groups in total. The summed E-state index contributed by atoms with van der Waals surface area (Å²) in [6.45, 7) is 2.43. The Morgan fingerprint density at radius 1 is 1.47 bits per heavy atom. The van der Waals surface area contributed by atoms with Crippen LogP contribution in [0.5, 0.6) is 0 Å². The van der Waals surface area contributed by atoms with Crippen molar-refractivity contribution in [1.82, 2.24) is 10.3 Å². The van der Waals surface area contributed by atoms with E-state index in [4.69, 9.17) is 10.2 Å². The first-order valence-corrected chi connectivity index (χ1v) is 6.17. The van der Waals surface area contributed by atoms with Crippen LogP contribution in [0, 0.1) is 5.92 Å². The molecule has 19 heavy (non-hydrogen) atoms. The van der Waals surface area contributed by atoms with Gasteiger partial charge >= 0.3 is 5.97 Å². The third kappa shape index (κ3) is 4.33. The largest absolute Gasteiger partial charge is 0.478 e. The molecule has 0 aliphatic heterocycles. The van der Waals surface area contributed by atoms with Gasteiger partial charge in [-0.05, 0) is 24.5 Å². The molecular weight excluding hydrogens is 248 g/mol. The molecule has 1 aromatic rings. The zero-order valence-corrected chi connectivity index (χ0v) is 10.8. The molecule has 0 bridgehead atoms. The molecule has 0 spiro atoms. The number of aliphatic hydroxyl groups is 1. The second kappa shape index (κ2) is 7.48. The van der Waals surface area contributed by atoms with Gasteiger partial charge in [0, 0.05) is 19.3 Å². The zero-order valence-electron chi connectivity index (χ0n) is 10.8. The van der Waals surface area contributed by atoms with Gasteiger partial charge in [-0.25, -0.2) is 4.79 Å². The molecule has 0 fully saturated rings. The van der Waals surface area contributed by atoms with Crippen LogP contribution in [0.15, 0.2) is 18.3 Å². The minimum absolute atomic E-state index is 0.0678. The van der Waals surface area contributed by atoms with Crippen molar-refractivity contribution in [2.75, 3.05) is 13.2 Å². The fourth-order valence-corrected chi connectivity index (χ4v) is 1.71. The van der Waals surface area contributed by atoms with E-state index in [1.54, 1.807) is 0 Å². The minimum Gasteiger partial charge on any atom is -0.478 e. The van der Waals surface area contributed by atoms with Crippen molar-refractivity contribution in [3.63, 3.8) is 0 Å². The number of carbonyl (C=O) groups is 2. The molecule has 1 amide bonds. The van der Waals surface area contributed by atoms with Gasteiger partial charge in [-0.1, -0.05) is 13.3 Å². The van der Waals surface area contributed by atoms with Gasteiger partial charge in [-0.2, -0.15) is 0 Å². The number of nitrogens with one attached hydrogen (secondary N) is 1. The third-order valence-corrected chi connectivity index (χ3v) is 2.92. The average Bonchev–Trinajstić information content (AvgIpc) is 2.43. The fraction of sp³-hybridized carbons (Fsp3) is 0.462. The van der Waals surface area contributed by atoms with E-state index in [9.17, 15) is 9.59 Å². The van der Waals surface area contributed by atoms with Crippen LogP contribution in [-0.4, -0.2) is 40.2 Å². The number of carboxylic acid groups (broad SMARTS) is 1.